The molecule has 3 aromatic rings. The molecule has 0 bridgehead atoms. The summed E-state index contributed by atoms with van der Waals surface area (Å²) in [5, 5.41) is 17.7. The number of aromatic amines is 1. The molecule has 10 heteroatoms. The maximum atomic E-state index is 13.1. The average molecular weight is 481 g/mol. The Balaban J connectivity index is 1.50. The summed E-state index contributed by atoms with van der Waals surface area (Å²) >= 11 is 0. The van der Waals surface area contributed by atoms with Gasteiger partial charge in [-0.1, -0.05) is 6.42 Å². The van der Waals surface area contributed by atoms with Crippen molar-refractivity contribution >= 4 is 32.4 Å². The summed E-state index contributed by atoms with van der Waals surface area (Å²) in [6, 6.07) is 9.08. The fraction of sp³-hybridized carbons (Fsp3) is 0.458. The van der Waals surface area contributed by atoms with Crippen LogP contribution in [-0.2, 0) is 10.0 Å². The van der Waals surface area contributed by atoms with E-state index >= 15 is 0 Å². The van der Waals surface area contributed by atoms with Crippen molar-refractivity contribution in [1.82, 2.24) is 19.1 Å². The van der Waals surface area contributed by atoms with Gasteiger partial charge >= 0.3 is 0 Å². The quantitative estimate of drug-likeness (QED) is 0.530. The van der Waals surface area contributed by atoms with Crippen LogP contribution in [0.2, 0.25) is 0 Å². The molecule has 5 rings (SSSR count). The highest BCUT2D eigenvalue weighted by Crippen LogP contribution is 2.43. The first-order valence-corrected chi connectivity index (χ1v) is 13.2. The van der Waals surface area contributed by atoms with Crippen LogP contribution < -0.4 is 10.9 Å². The lowest BCUT2D eigenvalue weighted by molar-refractivity contribution is 0.346. The van der Waals surface area contributed by atoms with Crippen LogP contribution in [0.1, 0.15) is 50.1 Å². The zero-order valence-corrected chi connectivity index (χ0v) is 19.9. The van der Waals surface area contributed by atoms with Gasteiger partial charge in [0.05, 0.1) is 28.9 Å². The van der Waals surface area contributed by atoms with Crippen molar-refractivity contribution in [3.63, 3.8) is 0 Å². The Hall–Kier alpha value is -3.16. The van der Waals surface area contributed by atoms with Gasteiger partial charge in [0.1, 0.15) is 5.39 Å². The first-order valence-electron chi connectivity index (χ1n) is 11.7. The topological polar surface area (TPSA) is 124 Å². The number of nitriles is 1. The second-order valence-electron chi connectivity index (χ2n) is 9.20. The van der Waals surface area contributed by atoms with Crippen molar-refractivity contribution in [2.45, 2.75) is 56.4 Å². The van der Waals surface area contributed by atoms with Gasteiger partial charge in [0.2, 0.25) is 10.0 Å². The summed E-state index contributed by atoms with van der Waals surface area (Å²) in [6.45, 7) is 2.89. The molecule has 3 heterocycles. The molecule has 1 aromatic carbocycles. The SMILES string of the molecule is Cc1cc(Nc2nn([C@@H](CC#N)C3CC3)c3cc[nH]c(=O)c23)ccc1S(=O)(=O)N1CCCCC1. The number of H-pyrrole nitrogens is 1. The normalized spacial score (nSPS) is 18.0. The minimum atomic E-state index is -3.54. The predicted octanol–water partition coefficient (Wildman–Crippen LogP) is 3.82. The Kier molecular flexibility index (Phi) is 5.91. The zero-order chi connectivity index (χ0) is 23.9. The van der Waals surface area contributed by atoms with Crippen molar-refractivity contribution in [1.29, 1.82) is 5.26 Å². The molecule has 1 saturated carbocycles. The molecular formula is C24H28N6O3S. The molecule has 0 amide bonds. The van der Waals surface area contributed by atoms with E-state index in [2.05, 4.69) is 16.4 Å². The largest absolute Gasteiger partial charge is 0.338 e. The average Bonchev–Trinajstić information content (AvgIpc) is 3.60. The molecule has 178 valence electrons. The van der Waals surface area contributed by atoms with Crippen molar-refractivity contribution in [3.8, 4) is 6.07 Å². The number of rotatable bonds is 7. The fourth-order valence-corrected chi connectivity index (χ4v) is 6.59. The maximum Gasteiger partial charge on any atom is 0.261 e. The monoisotopic (exact) mass is 480 g/mol. The number of aromatic nitrogens is 3. The highest BCUT2D eigenvalue weighted by Gasteiger charge is 2.34. The third-order valence-electron chi connectivity index (χ3n) is 6.78. The Bertz CT molecular complexity index is 1430. The number of piperidine rings is 1. The smallest absolute Gasteiger partial charge is 0.261 e. The molecule has 2 aliphatic rings. The van der Waals surface area contributed by atoms with Gasteiger partial charge in [0.15, 0.2) is 5.82 Å². The molecule has 9 nitrogen and oxygen atoms in total. The van der Waals surface area contributed by atoms with Crippen LogP contribution in [0.3, 0.4) is 0 Å². The fourth-order valence-electron chi connectivity index (χ4n) is 4.86. The van der Waals surface area contributed by atoms with Gasteiger partial charge in [0, 0.05) is 25.0 Å². The number of benzene rings is 1. The Morgan fingerprint density at radius 2 is 2.00 bits per heavy atom. The molecule has 1 aliphatic carbocycles. The summed E-state index contributed by atoms with van der Waals surface area (Å²) in [7, 11) is -3.54. The van der Waals surface area contributed by atoms with Crippen LogP contribution in [-0.4, -0.2) is 40.6 Å². The summed E-state index contributed by atoms with van der Waals surface area (Å²) < 4.78 is 29.6. The molecule has 0 unspecified atom stereocenters. The van der Waals surface area contributed by atoms with Crippen molar-refractivity contribution < 1.29 is 8.42 Å². The standard InChI is InChI=1S/C24H28N6O3S/c1-16-15-18(7-8-21(16)34(32,33)29-13-3-2-4-14-29)27-23-22-20(10-12-26-24(22)31)30(28-23)19(9-11-25)17-5-6-17/h7-8,10,12,15,17,19H,2-6,9,13-14H2,1H3,(H,26,31)(H,27,28)/t19-/m0/s1. The van der Waals surface area contributed by atoms with Gasteiger partial charge in [-0.2, -0.15) is 14.7 Å². The lowest BCUT2D eigenvalue weighted by Crippen LogP contribution is -2.35. The molecule has 34 heavy (non-hydrogen) atoms. The predicted molar refractivity (Wildman–Crippen MR) is 129 cm³/mol. The number of aryl methyl sites for hydroxylation is 1. The van der Waals surface area contributed by atoms with Gasteiger partial charge in [-0.05, 0) is 68.4 Å². The first-order chi connectivity index (χ1) is 16.4. The van der Waals surface area contributed by atoms with Gasteiger partial charge in [-0.25, -0.2) is 8.42 Å². The maximum absolute atomic E-state index is 13.1. The van der Waals surface area contributed by atoms with Gasteiger partial charge < -0.3 is 10.3 Å². The number of nitrogens with one attached hydrogen (secondary N) is 2. The van der Waals surface area contributed by atoms with E-state index in [9.17, 15) is 18.5 Å². The van der Waals surface area contributed by atoms with E-state index in [0.717, 1.165) is 32.1 Å². The number of pyridine rings is 1. The second-order valence-corrected chi connectivity index (χ2v) is 11.1. The zero-order valence-electron chi connectivity index (χ0n) is 19.1. The highest BCUT2D eigenvalue weighted by atomic mass is 32.2. The first kappa shape index (κ1) is 22.6. The van der Waals surface area contributed by atoms with Crippen LogP contribution in [0.5, 0.6) is 0 Å². The molecule has 1 atom stereocenters. The summed E-state index contributed by atoms with van der Waals surface area (Å²) in [5.41, 5.74) is 1.69. The number of sulfonamides is 1. The van der Waals surface area contributed by atoms with Crippen LogP contribution in [0.15, 0.2) is 40.2 Å². The number of anilines is 2. The third kappa shape index (κ3) is 4.10. The molecule has 0 radical (unpaired) electrons. The second kappa shape index (κ2) is 8.89. The van der Waals surface area contributed by atoms with Crippen molar-refractivity contribution in [2.75, 3.05) is 18.4 Å². The van der Waals surface area contributed by atoms with E-state index in [4.69, 9.17) is 5.10 Å². The van der Waals surface area contributed by atoms with E-state index in [-0.39, 0.29) is 11.6 Å². The van der Waals surface area contributed by atoms with Crippen molar-refractivity contribution in [3.05, 3.63) is 46.4 Å². The molecule has 0 spiro atoms. The number of hydrogen-bond acceptors (Lipinski definition) is 6. The third-order valence-corrected chi connectivity index (χ3v) is 8.84. The van der Waals surface area contributed by atoms with Gasteiger partial charge in [-0.15, -0.1) is 0 Å². The molecule has 2 fully saturated rings. The van der Waals surface area contributed by atoms with E-state index in [0.29, 0.717) is 58.3 Å². The number of fused-ring (bicyclic) bond motifs is 1. The molecule has 2 N–H and O–H groups in total. The van der Waals surface area contributed by atoms with Gasteiger partial charge in [0.25, 0.3) is 5.56 Å². The highest BCUT2D eigenvalue weighted by molar-refractivity contribution is 7.89. The molecule has 2 aromatic heterocycles. The summed E-state index contributed by atoms with van der Waals surface area (Å²) in [5.74, 6) is 0.780. The number of hydrogen-bond donors (Lipinski definition) is 2. The van der Waals surface area contributed by atoms with Gasteiger partial charge in [-0.3, -0.25) is 9.48 Å². The van der Waals surface area contributed by atoms with Crippen LogP contribution in [0.4, 0.5) is 11.5 Å². The Labute approximate surface area is 198 Å². The van der Waals surface area contributed by atoms with E-state index < -0.39 is 10.0 Å². The minimum Gasteiger partial charge on any atom is -0.338 e. The van der Waals surface area contributed by atoms with Crippen molar-refractivity contribution in [2.24, 2.45) is 5.92 Å². The minimum absolute atomic E-state index is 0.0800. The Morgan fingerprint density at radius 3 is 2.68 bits per heavy atom. The molecule has 1 saturated heterocycles. The number of nitrogens with zero attached hydrogens (tertiary/aromatic N) is 4. The summed E-state index contributed by atoms with van der Waals surface area (Å²) in [4.78, 5) is 15.7. The summed E-state index contributed by atoms with van der Waals surface area (Å²) in [6.07, 6.45) is 6.84. The lowest BCUT2D eigenvalue weighted by Gasteiger charge is -2.26. The van der Waals surface area contributed by atoms with Crippen LogP contribution in [0.25, 0.3) is 10.9 Å². The van der Waals surface area contributed by atoms with E-state index in [1.807, 2.05) is 0 Å². The Morgan fingerprint density at radius 1 is 1.24 bits per heavy atom. The molecular weight excluding hydrogens is 452 g/mol. The van der Waals surface area contributed by atoms with Crippen LogP contribution >= 0.6 is 0 Å². The lowest BCUT2D eigenvalue weighted by atomic mass is 10.1. The van der Waals surface area contributed by atoms with E-state index in [1.165, 1.54) is 0 Å². The molecule has 1 aliphatic heterocycles. The van der Waals surface area contributed by atoms with E-state index in [1.54, 1.807) is 46.4 Å². The van der Waals surface area contributed by atoms with Crippen LogP contribution in [0, 0.1) is 24.2 Å².